The fourth-order valence-corrected chi connectivity index (χ4v) is 5.24. The van der Waals surface area contributed by atoms with Crippen LogP contribution < -0.4 is 0 Å². The monoisotopic (exact) mass is 421 g/mol. The van der Waals surface area contributed by atoms with Crippen LogP contribution in [0.3, 0.4) is 0 Å². The van der Waals surface area contributed by atoms with Gasteiger partial charge in [-0.3, -0.25) is 14.5 Å². The van der Waals surface area contributed by atoms with Crippen LogP contribution in [-0.2, 0) is 16.2 Å². The van der Waals surface area contributed by atoms with Crippen LogP contribution in [0.2, 0.25) is 0 Å². The highest BCUT2D eigenvalue weighted by molar-refractivity contribution is 5.77. The van der Waals surface area contributed by atoms with Crippen LogP contribution in [0.5, 0.6) is 0 Å². The Morgan fingerprint density at radius 3 is 2.26 bits per heavy atom. The average molecular weight is 422 g/mol. The van der Waals surface area contributed by atoms with E-state index >= 15 is 0 Å². The highest BCUT2D eigenvalue weighted by Crippen LogP contribution is 2.35. The summed E-state index contributed by atoms with van der Waals surface area (Å²) >= 11 is 0. The van der Waals surface area contributed by atoms with E-state index in [1.807, 2.05) is 0 Å². The Labute approximate surface area is 186 Å². The lowest BCUT2D eigenvalue weighted by atomic mass is 9.87. The zero-order chi connectivity index (χ0) is 21.6. The van der Waals surface area contributed by atoms with E-state index in [4.69, 9.17) is 4.84 Å². The molecule has 0 N–H and O–H groups in total. The molecule has 2 atom stereocenters. The van der Waals surface area contributed by atoms with Crippen molar-refractivity contribution in [3.05, 3.63) is 71.8 Å². The first-order valence-corrected chi connectivity index (χ1v) is 11.5. The summed E-state index contributed by atoms with van der Waals surface area (Å²) in [5, 5.41) is 1.38. The fraction of sp³-hybridized carbons (Fsp3) is 0.500. The predicted molar refractivity (Wildman–Crippen MR) is 123 cm³/mol. The van der Waals surface area contributed by atoms with Crippen molar-refractivity contribution in [3.63, 3.8) is 0 Å². The van der Waals surface area contributed by atoms with Crippen molar-refractivity contribution < 1.29 is 9.63 Å². The number of hydrogen-bond donors (Lipinski definition) is 0. The topological polar surface area (TPSA) is 36.0 Å². The minimum Gasteiger partial charge on any atom is -0.303 e. The van der Waals surface area contributed by atoms with Gasteiger partial charge in [-0.25, -0.2) is 5.06 Å². The van der Waals surface area contributed by atoms with Crippen LogP contribution in [0.25, 0.3) is 0 Å². The molecule has 0 bridgehead atoms. The predicted octanol–water partition coefficient (Wildman–Crippen LogP) is 3.63. The molecule has 2 aromatic carbocycles. The fourth-order valence-electron chi connectivity index (χ4n) is 5.24. The quantitative estimate of drug-likeness (QED) is 0.640. The number of piperidine rings is 1. The van der Waals surface area contributed by atoms with E-state index in [1.165, 1.54) is 16.2 Å². The Morgan fingerprint density at radius 2 is 1.61 bits per heavy atom. The minimum atomic E-state index is 0.0873. The maximum absolute atomic E-state index is 12.4. The van der Waals surface area contributed by atoms with Crippen molar-refractivity contribution in [1.82, 2.24) is 14.9 Å². The van der Waals surface area contributed by atoms with Gasteiger partial charge in [0.05, 0.1) is 7.11 Å². The standard InChI is InChI=1S/C26H35N3O2/c1-27(31-2)26(30)23-13-15-28(16-14-23)18-24-19-29(17-21-9-5-3-6-10-21)20-25(24)22-11-7-4-8-12-22/h3-12,23-25H,13-20H2,1-2H3. The van der Waals surface area contributed by atoms with E-state index < -0.39 is 0 Å². The summed E-state index contributed by atoms with van der Waals surface area (Å²) in [6, 6.07) is 21.8. The Balaban J connectivity index is 1.39. The molecule has 2 aliphatic heterocycles. The van der Waals surface area contributed by atoms with E-state index in [-0.39, 0.29) is 11.8 Å². The number of carbonyl (C=O) groups is 1. The smallest absolute Gasteiger partial charge is 0.249 e. The van der Waals surface area contributed by atoms with E-state index in [2.05, 4.69) is 70.5 Å². The molecule has 2 aliphatic rings. The third kappa shape index (κ3) is 5.53. The molecule has 0 aromatic heterocycles. The number of hydroxylamine groups is 2. The summed E-state index contributed by atoms with van der Waals surface area (Å²) in [5.41, 5.74) is 2.84. The summed E-state index contributed by atoms with van der Waals surface area (Å²) in [7, 11) is 3.26. The Morgan fingerprint density at radius 1 is 0.968 bits per heavy atom. The summed E-state index contributed by atoms with van der Waals surface area (Å²) in [4.78, 5) is 22.7. The largest absolute Gasteiger partial charge is 0.303 e. The van der Waals surface area contributed by atoms with Gasteiger partial charge < -0.3 is 4.90 Å². The third-order valence-electron chi connectivity index (χ3n) is 7.01. The maximum atomic E-state index is 12.4. The zero-order valence-corrected chi connectivity index (χ0v) is 18.8. The van der Waals surface area contributed by atoms with Gasteiger partial charge in [0.25, 0.3) is 0 Å². The number of likely N-dealkylation sites (tertiary alicyclic amines) is 2. The molecule has 1 amide bonds. The van der Waals surface area contributed by atoms with E-state index in [0.29, 0.717) is 11.8 Å². The molecule has 2 saturated heterocycles. The first-order chi connectivity index (χ1) is 15.1. The normalized spacial score (nSPS) is 23.2. The van der Waals surface area contributed by atoms with E-state index in [0.717, 1.165) is 52.1 Å². The van der Waals surface area contributed by atoms with Gasteiger partial charge in [0, 0.05) is 45.1 Å². The number of nitrogens with zero attached hydrogens (tertiary/aromatic N) is 3. The first-order valence-electron chi connectivity index (χ1n) is 11.5. The Bertz CT molecular complexity index is 821. The number of hydrogen-bond acceptors (Lipinski definition) is 4. The lowest BCUT2D eigenvalue weighted by molar-refractivity contribution is -0.174. The lowest BCUT2D eigenvalue weighted by Gasteiger charge is -2.35. The zero-order valence-electron chi connectivity index (χ0n) is 18.8. The van der Waals surface area contributed by atoms with Crippen LogP contribution in [0.15, 0.2) is 60.7 Å². The lowest BCUT2D eigenvalue weighted by Crippen LogP contribution is -2.43. The van der Waals surface area contributed by atoms with Gasteiger partial charge in [-0.05, 0) is 43.0 Å². The molecule has 0 spiro atoms. The second-order valence-corrected chi connectivity index (χ2v) is 9.05. The van der Waals surface area contributed by atoms with E-state index in [1.54, 1.807) is 14.2 Å². The van der Waals surface area contributed by atoms with Crippen molar-refractivity contribution in [2.45, 2.75) is 25.3 Å². The van der Waals surface area contributed by atoms with Gasteiger partial charge in [-0.2, -0.15) is 0 Å². The number of benzene rings is 2. The number of carbonyl (C=O) groups excluding carboxylic acids is 1. The van der Waals surface area contributed by atoms with Crippen LogP contribution in [-0.4, -0.2) is 67.7 Å². The van der Waals surface area contributed by atoms with Gasteiger partial charge in [0.1, 0.15) is 0 Å². The van der Waals surface area contributed by atoms with Crippen LogP contribution >= 0.6 is 0 Å². The number of rotatable bonds is 7. The highest BCUT2D eigenvalue weighted by Gasteiger charge is 2.36. The summed E-state index contributed by atoms with van der Waals surface area (Å²) in [6.07, 6.45) is 1.84. The average Bonchev–Trinajstić information content (AvgIpc) is 3.21. The third-order valence-corrected chi connectivity index (χ3v) is 7.01. The summed E-state index contributed by atoms with van der Waals surface area (Å²) in [6.45, 7) is 6.33. The summed E-state index contributed by atoms with van der Waals surface area (Å²) < 4.78 is 0. The van der Waals surface area contributed by atoms with Crippen LogP contribution in [0.1, 0.15) is 29.9 Å². The molecule has 0 saturated carbocycles. The van der Waals surface area contributed by atoms with Crippen molar-refractivity contribution >= 4 is 5.91 Å². The molecule has 0 aliphatic carbocycles. The molecular formula is C26H35N3O2. The van der Waals surface area contributed by atoms with Crippen molar-refractivity contribution in [1.29, 1.82) is 0 Å². The molecule has 2 aromatic rings. The Kier molecular flexibility index (Phi) is 7.38. The Hall–Kier alpha value is -2.21. The molecule has 2 fully saturated rings. The number of amides is 1. The van der Waals surface area contributed by atoms with Gasteiger partial charge in [-0.1, -0.05) is 60.7 Å². The van der Waals surface area contributed by atoms with Crippen LogP contribution in [0.4, 0.5) is 0 Å². The van der Waals surface area contributed by atoms with Gasteiger partial charge in [-0.15, -0.1) is 0 Å². The van der Waals surface area contributed by atoms with Gasteiger partial charge >= 0.3 is 0 Å². The first kappa shape index (κ1) is 22.0. The highest BCUT2D eigenvalue weighted by atomic mass is 16.7. The second-order valence-electron chi connectivity index (χ2n) is 9.05. The summed E-state index contributed by atoms with van der Waals surface area (Å²) in [5.74, 6) is 1.37. The molecule has 2 heterocycles. The minimum absolute atomic E-state index is 0.0873. The van der Waals surface area contributed by atoms with Gasteiger partial charge in [0.15, 0.2) is 0 Å². The molecular weight excluding hydrogens is 386 g/mol. The van der Waals surface area contributed by atoms with Crippen molar-refractivity contribution in [3.8, 4) is 0 Å². The van der Waals surface area contributed by atoms with Gasteiger partial charge in [0.2, 0.25) is 5.91 Å². The molecule has 2 unspecified atom stereocenters. The van der Waals surface area contributed by atoms with Crippen LogP contribution in [0, 0.1) is 11.8 Å². The molecule has 5 heteroatoms. The molecule has 166 valence electrons. The van der Waals surface area contributed by atoms with E-state index in [9.17, 15) is 4.79 Å². The maximum Gasteiger partial charge on any atom is 0.249 e. The molecule has 0 radical (unpaired) electrons. The molecule has 31 heavy (non-hydrogen) atoms. The van der Waals surface area contributed by atoms with Crippen molar-refractivity contribution in [2.75, 3.05) is 46.9 Å². The molecule has 4 rings (SSSR count). The SMILES string of the molecule is CON(C)C(=O)C1CCN(CC2CN(Cc3ccccc3)CC2c2ccccc2)CC1. The van der Waals surface area contributed by atoms with Crippen molar-refractivity contribution in [2.24, 2.45) is 11.8 Å². The molecule has 5 nitrogen and oxygen atoms in total. The second kappa shape index (κ2) is 10.4.